The van der Waals surface area contributed by atoms with Gasteiger partial charge in [-0.25, -0.2) is 0 Å². The normalized spacial score (nSPS) is 17.7. The Hall–Kier alpha value is -0.970. The maximum absolute atomic E-state index is 11.9. The van der Waals surface area contributed by atoms with E-state index in [9.17, 15) is 4.79 Å². The third kappa shape index (κ3) is 3.53. The molecule has 0 radical (unpaired) electrons. The van der Waals surface area contributed by atoms with Gasteiger partial charge in [0.15, 0.2) is 6.10 Å². The molecule has 0 heterocycles. The van der Waals surface area contributed by atoms with Crippen molar-refractivity contribution < 1.29 is 14.6 Å². The minimum Gasteiger partial charge on any atom is -0.479 e. The second-order valence-corrected chi connectivity index (χ2v) is 5.61. The SMILES string of the molecule is CC(Oc1ccc(Cl)cc1Cl)C(=O)NC1(CO)CC1. The first-order valence-corrected chi connectivity index (χ1v) is 6.76. The standard InChI is InChI=1S/C13H15Cl2NO3/c1-8(12(18)16-13(7-17)4-5-13)19-11-3-2-9(14)6-10(11)15/h2-3,6,8,17H,4-5,7H2,1H3,(H,16,18). The molecule has 0 aromatic heterocycles. The van der Waals surface area contributed by atoms with Gasteiger partial charge in [0.2, 0.25) is 0 Å². The molecule has 6 heteroatoms. The first-order chi connectivity index (χ1) is 8.96. The van der Waals surface area contributed by atoms with Crippen LogP contribution in [0.15, 0.2) is 18.2 Å². The van der Waals surface area contributed by atoms with Crippen LogP contribution in [0.2, 0.25) is 10.0 Å². The molecule has 1 aliphatic rings. The molecule has 2 rings (SSSR count). The summed E-state index contributed by atoms with van der Waals surface area (Å²) in [4.78, 5) is 11.9. The minimum absolute atomic E-state index is 0.0485. The van der Waals surface area contributed by atoms with Crippen LogP contribution in [0.1, 0.15) is 19.8 Å². The molecule has 1 unspecified atom stereocenters. The molecule has 0 aliphatic heterocycles. The zero-order chi connectivity index (χ0) is 14.0. The predicted molar refractivity (Wildman–Crippen MR) is 73.7 cm³/mol. The average molecular weight is 304 g/mol. The Morgan fingerprint density at radius 1 is 1.53 bits per heavy atom. The van der Waals surface area contributed by atoms with Gasteiger partial charge < -0.3 is 15.2 Å². The van der Waals surface area contributed by atoms with E-state index in [1.807, 2.05) is 0 Å². The number of benzene rings is 1. The molecule has 1 atom stereocenters. The van der Waals surface area contributed by atoms with Crippen LogP contribution < -0.4 is 10.1 Å². The van der Waals surface area contributed by atoms with E-state index in [2.05, 4.69) is 5.32 Å². The number of carbonyl (C=O) groups is 1. The molecule has 1 fully saturated rings. The van der Waals surface area contributed by atoms with Crippen LogP contribution in [-0.4, -0.2) is 29.3 Å². The maximum atomic E-state index is 11.9. The van der Waals surface area contributed by atoms with Gasteiger partial charge in [-0.05, 0) is 38.0 Å². The molecule has 104 valence electrons. The topological polar surface area (TPSA) is 58.6 Å². The van der Waals surface area contributed by atoms with Crippen molar-refractivity contribution in [2.24, 2.45) is 0 Å². The van der Waals surface area contributed by atoms with Crippen LogP contribution >= 0.6 is 23.2 Å². The van der Waals surface area contributed by atoms with Crippen LogP contribution in [-0.2, 0) is 4.79 Å². The van der Waals surface area contributed by atoms with Gasteiger partial charge in [-0.15, -0.1) is 0 Å². The summed E-state index contributed by atoms with van der Waals surface area (Å²) in [5.41, 5.74) is -0.446. The van der Waals surface area contributed by atoms with Gasteiger partial charge in [-0.1, -0.05) is 23.2 Å². The van der Waals surface area contributed by atoms with Crippen molar-refractivity contribution in [1.29, 1.82) is 0 Å². The highest BCUT2D eigenvalue weighted by atomic mass is 35.5. The van der Waals surface area contributed by atoms with E-state index in [0.717, 1.165) is 12.8 Å². The van der Waals surface area contributed by atoms with Crippen LogP contribution in [0, 0.1) is 0 Å². The molecular weight excluding hydrogens is 289 g/mol. The van der Waals surface area contributed by atoms with Crippen molar-refractivity contribution in [1.82, 2.24) is 5.32 Å². The van der Waals surface area contributed by atoms with Crippen LogP contribution in [0.3, 0.4) is 0 Å². The smallest absolute Gasteiger partial charge is 0.261 e. The lowest BCUT2D eigenvalue weighted by atomic mass is 10.2. The Bertz CT molecular complexity index is 489. The number of rotatable bonds is 5. The number of amides is 1. The van der Waals surface area contributed by atoms with Gasteiger partial charge in [-0.2, -0.15) is 0 Å². The second kappa shape index (κ2) is 5.57. The van der Waals surface area contributed by atoms with Gasteiger partial charge in [0.05, 0.1) is 17.2 Å². The van der Waals surface area contributed by atoms with Gasteiger partial charge in [0.25, 0.3) is 5.91 Å². The number of hydrogen-bond acceptors (Lipinski definition) is 3. The molecule has 1 aliphatic carbocycles. The number of aliphatic hydroxyl groups excluding tert-OH is 1. The van der Waals surface area contributed by atoms with E-state index < -0.39 is 11.6 Å². The van der Waals surface area contributed by atoms with Gasteiger partial charge in [0, 0.05) is 5.02 Å². The Kier molecular flexibility index (Phi) is 4.23. The van der Waals surface area contributed by atoms with E-state index >= 15 is 0 Å². The van der Waals surface area contributed by atoms with E-state index in [-0.39, 0.29) is 12.5 Å². The van der Waals surface area contributed by atoms with E-state index in [4.69, 9.17) is 33.0 Å². The summed E-state index contributed by atoms with van der Waals surface area (Å²) < 4.78 is 5.50. The summed E-state index contributed by atoms with van der Waals surface area (Å²) >= 11 is 11.8. The number of carbonyl (C=O) groups excluding carboxylic acids is 1. The molecule has 2 N–H and O–H groups in total. The largest absolute Gasteiger partial charge is 0.479 e. The first kappa shape index (κ1) is 14.4. The quantitative estimate of drug-likeness (QED) is 0.878. The lowest BCUT2D eigenvalue weighted by Crippen LogP contribution is -2.45. The summed E-state index contributed by atoms with van der Waals surface area (Å²) in [6.07, 6.45) is 0.899. The fourth-order valence-electron chi connectivity index (χ4n) is 1.65. The average Bonchev–Trinajstić information content (AvgIpc) is 3.13. The highest BCUT2D eigenvalue weighted by molar-refractivity contribution is 6.35. The number of ether oxygens (including phenoxy) is 1. The maximum Gasteiger partial charge on any atom is 0.261 e. The van der Waals surface area contributed by atoms with Gasteiger partial charge >= 0.3 is 0 Å². The fraction of sp³-hybridized carbons (Fsp3) is 0.462. The zero-order valence-electron chi connectivity index (χ0n) is 10.5. The van der Waals surface area contributed by atoms with Gasteiger partial charge in [0.1, 0.15) is 5.75 Å². The number of aliphatic hydroxyl groups is 1. The lowest BCUT2D eigenvalue weighted by molar-refractivity contribution is -0.128. The molecule has 0 spiro atoms. The number of halogens is 2. The summed E-state index contributed by atoms with van der Waals surface area (Å²) in [6, 6.07) is 4.82. The third-order valence-corrected chi connectivity index (χ3v) is 3.64. The molecule has 0 bridgehead atoms. The fourth-order valence-corrected chi connectivity index (χ4v) is 2.10. The van der Waals surface area contributed by atoms with E-state index in [1.165, 1.54) is 0 Å². The Labute approximate surface area is 121 Å². The number of hydrogen-bond donors (Lipinski definition) is 2. The Morgan fingerprint density at radius 3 is 2.74 bits per heavy atom. The molecule has 19 heavy (non-hydrogen) atoms. The first-order valence-electron chi connectivity index (χ1n) is 6.00. The van der Waals surface area contributed by atoms with Crippen LogP contribution in [0.25, 0.3) is 0 Å². The van der Waals surface area contributed by atoms with Crippen LogP contribution in [0.5, 0.6) is 5.75 Å². The molecule has 0 saturated heterocycles. The highest BCUT2D eigenvalue weighted by Crippen LogP contribution is 2.35. The molecule has 1 saturated carbocycles. The van der Waals surface area contributed by atoms with Gasteiger partial charge in [-0.3, -0.25) is 4.79 Å². The third-order valence-electron chi connectivity index (χ3n) is 3.11. The molecule has 1 amide bonds. The van der Waals surface area contributed by atoms with Crippen molar-refractivity contribution in [2.75, 3.05) is 6.61 Å². The van der Waals surface area contributed by atoms with E-state index in [0.29, 0.717) is 15.8 Å². The Morgan fingerprint density at radius 2 is 2.21 bits per heavy atom. The van der Waals surface area contributed by atoms with Crippen molar-refractivity contribution >= 4 is 29.1 Å². The lowest BCUT2D eigenvalue weighted by Gasteiger charge is -2.19. The predicted octanol–water partition coefficient (Wildman–Crippen LogP) is 2.40. The van der Waals surface area contributed by atoms with E-state index in [1.54, 1.807) is 25.1 Å². The van der Waals surface area contributed by atoms with Crippen molar-refractivity contribution in [2.45, 2.75) is 31.4 Å². The van der Waals surface area contributed by atoms with Crippen molar-refractivity contribution in [3.63, 3.8) is 0 Å². The number of nitrogens with one attached hydrogen (secondary N) is 1. The van der Waals surface area contributed by atoms with Crippen molar-refractivity contribution in [3.05, 3.63) is 28.2 Å². The molecular formula is C13H15Cl2NO3. The highest BCUT2D eigenvalue weighted by Gasteiger charge is 2.44. The summed E-state index contributed by atoms with van der Waals surface area (Å²) in [6.45, 7) is 1.58. The summed E-state index contributed by atoms with van der Waals surface area (Å²) in [5.74, 6) is 0.139. The molecule has 1 aromatic rings. The minimum atomic E-state index is -0.692. The monoisotopic (exact) mass is 303 g/mol. The Balaban J connectivity index is 1.96. The summed E-state index contributed by atoms with van der Waals surface area (Å²) in [5, 5.41) is 12.8. The molecule has 4 nitrogen and oxygen atoms in total. The molecule has 1 aromatic carbocycles. The second-order valence-electron chi connectivity index (χ2n) is 4.76. The van der Waals surface area contributed by atoms with Crippen molar-refractivity contribution in [3.8, 4) is 5.75 Å². The van der Waals surface area contributed by atoms with Crippen LogP contribution in [0.4, 0.5) is 0 Å². The zero-order valence-corrected chi connectivity index (χ0v) is 12.0. The summed E-state index contributed by atoms with van der Waals surface area (Å²) in [7, 11) is 0.